The summed E-state index contributed by atoms with van der Waals surface area (Å²) in [6.07, 6.45) is 4.08. The summed E-state index contributed by atoms with van der Waals surface area (Å²) in [6, 6.07) is 2.00. The highest BCUT2D eigenvalue weighted by molar-refractivity contribution is 5.95. The fourth-order valence-electron chi connectivity index (χ4n) is 4.13. The number of halogens is 2. The van der Waals surface area contributed by atoms with Crippen LogP contribution in [0.2, 0.25) is 0 Å². The van der Waals surface area contributed by atoms with Gasteiger partial charge in [0.25, 0.3) is 5.92 Å². The fraction of sp³-hybridized carbons (Fsp3) is 0.583. The van der Waals surface area contributed by atoms with Crippen molar-refractivity contribution in [1.29, 1.82) is 5.26 Å². The number of fused-ring (bicyclic) bond motifs is 1. The molecule has 0 radical (unpaired) electrons. The van der Waals surface area contributed by atoms with Gasteiger partial charge < -0.3 is 15.2 Å². The largest absolute Gasteiger partial charge is 0.368 e. The Labute approximate surface area is 184 Å². The van der Waals surface area contributed by atoms with E-state index in [0.29, 0.717) is 41.6 Å². The Morgan fingerprint density at radius 2 is 2.10 bits per heavy atom. The summed E-state index contributed by atoms with van der Waals surface area (Å²) in [6.45, 7) is 15.2. The van der Waals surface area contributed by atoms with E-state index in [1.165, 1.54) is 6.42 Å². The number of rotatable bonds is 5. The van der Waals surface area contributed by atoms with Crippen molar-refractivity contribution in [2.75, 3.05) is 31.6 Å². The minimum atomic E-state index is -3.18. The van der Waals surface area contributed by atoms with Crippen molar-refractivity contribution in [3.8, 4) is 6.07 Å². The van der Waals surface area contributed by atoms with E-state index in [4.69, 9.17) is 0 Å². The maximum atomic E-state index is 14.3. The molecule has 0 spiro atoms. The highest BCUT2D eigenvalue weighted by Crippen LogP contribution is 2.40. The smallest absolute Gasteiger partial charge is 0.288 e. The van der Waals surface area contributed by atoms with Crippen molar-refractivity contribution in [1.82, 2.24) is 15.3 Å². The van der Waals surface area contributed by atoms with Gasteiger partial charge in [-0.05, 0) is 57.7 Å². The lowest BCUT2D eigenvalue weighted by atomic mass is 9.86. The maximum absolute atomic E-state index is 14.3. The monoisotopic (exact) mass is 431 g/mol. The van der Waals surface area contributed by atoms with E-state index < -0.39 is 11.6 Å². The second kappa shape index (κ2) is 10.2. The molecule has 0 amide bonds. The third-order valence-electron chi connectivity index (χ3n) is 6.02. The van der Waals surface area contributed by atoms with Gasteiger partial charge >= 0.3 is 0 Å². The van der Waals surface area contributed by atoms with Crippen molar-refractivity contribution in [3.05, 3.63) is 35.2 Å². The van der Waals surface area contributed by atoms with Crippen LogP contribution in [0, 0.1) is 37.0 Å². The van der Waals surface area contributed by atoms with Crippen LogP contribution in [0.25, 0.3) is 11.0 Å². The number of piperidine rings is 1. The maximum Gasteiger partial charge on any atom is 0.288 e. The SMILES string of the molecule is C=CC1CCN(c2c(C#N)c(C(C)(F)F)nc3c(C)c(C)[nH]c23)CC1C.CCCNC. The van der Waals surface area contributed by atoms with Crippen LogP contribution in [-0.4, -0.2) is 36.6 Å². The number of alkyl halides is 2. The number of nitrogens with zero attached hydrogens (tertiary/aromatic N) is 3. The molecular formula is C24H35F2N5. The molecule has 1 aliphatic rings. The lowest BCUT2D eigenvalue weighted by molar-refractivity contribution is 0.0128. The van der Waals surface area contributed by atoms with Crippen LogP contribution in [0.3, 0.4) is 0 Å². The van der Waals surface area contributed by atoms with Crippen LogP contribution in [-0.2, 0) is 5.92 Å². The molecule has 2 unspecified atom stereocenters. The quantitative estimate of drug-likeness (QED) is 0.620. The fourth-order valence-corrected chi connectivity index (χ4v) is 4.13. The highest BCUT2D eigenvalue weighted by Gasteiger charge is 2.36. The van der Waals surface area contributed by atoms with Gasteiger partial charge in [-0.25, -0.2) is 4.98 Å². The molecule has 5 nitrogen and oxygen atoms in total. The average molecular weight is 432 g/mol. The predicted octanol–water partition coefficient (Wildman–Crippen LogP) is 5.43. The molecule has 1 fully saturated rings. The van der Waals surface area contributed by atoms with Crippen molar-refractivity contribution in [3.63, 3.8) is 0 Å². The highest BCUT2D eigenvalue weighted by atomic mass is 19.3. The summed E-state index contributed by atoms with van der Waals surface area (Å²) in [5.41, 5.74) is 2.99. The predicted molar refractivity (Wildman–Crippen MR) is 124 cm³/mol. The Bertz CT molecular complexity index is 950. The molecular weight excluding hydrogens is 396 g/mol. The Hall–Kier alpha value is -2.46. The molecule has 170 valence electrons. The van der Waals surface area contributed by atoms with Crippen molar-refractivity contribution >= 4 is 16.7 Å². The zero-order valence-electron chi connectivity index (χ0n) is 19.6. The van der Waals surface area contributed by atoms with Crippen LogP contribution in [0.15, 0.2) is 12.7 Å². The molecule has 7 heteroatoms. The normalized spacial score (nSPS) is 19.0. The number of aromatic amines is 1. The van der Waals surface area contributed by atoms with Crippen LogP contribution >= 0.6 is 0 Å². The molecule has 2 atom stereocenters. The van der Waals surface area contributed by atoms with Gasteiger partial charge in [0.05, 0.1) is 16.7 Å². The van der Waals surface area contributed by atoms with E-state index >= 15 is 0 Å². The molecule has 2 N–H and O–H groups in total. The van der Waals surface area contributed by atoms with Gasteiger partial charge in [-0.2, -0.15) is 14.0 Å². The second-order valence-corrected chi connectivity index (χ2v) is 8.50. The number of allylic oxidation sites excluding steroid dienone is 1. The van der Waals surface area contributed by atoms with Crippen molar-refractivity contribution in [2.24, 2.45) is 11.8 Å². The standard InChI is InChI=1S/C20H24F2N4.C4H11N/c1-6-14-7-8-26(10-11(14)2)18-15(9-23)19(20(5,21)22)25-16-12(3)13(4)24-17(16)18;1-3-4-5-2/h6,11,14,24H,1,7-8,10H2,2-5H3;5H,3-4H2,1-2H3. The number of nitriles is 1. The van der Waals surface area contributed by atoms with Gasteiger partial charge in [0.2, 0.25) is 0 Å². The molecule has 1 aliphatic heterocycles. The zero-order valence-corrected chi connectivity index (χ0v) is 19.6. The van der Waals surface area contributed by atoms with Crippen LogP contribution in [0.5, 0.6) is 0 Å². The first-order chi connectivity index (χ1) is 14.6. The van der Waals surface area contributed by atoms with E-state index in [1.54, 1.807) is 0 Å². The number of H-pyrrole nitrogens is 1. The third kappa shape index (κ3) is 5.24. The number of anilines is 1. The molecule has 0 aromatic carbocycles. The van der Waals surface area contributed by atoms with Gasteiger partial charge in [-0.1, -0.05) is 19.9 Å². The van der Waals surface area contributed by atoms with E-state index in [1.807, 2.05) is 33.0 Å². The van der Waals surface area contributed by atoms with Crippen LogP contribution in [0.4, 0.5) is 14.5 Å². The number of aromatic nitrogens is 2. The summed E-state index contributed by atoms with van der Waals surface area (Å²) >= 11 is 0. The Kier molecular flexibility index (Phi) is 8.19. The summed E-state index contributed by atoms with van der Waals surface area (Å²) in [4.78, 5) is 9.52. The first-order valence-electron chi connectivity index (χ1n) is 10.9. The number of hydrogen-bond donors (Lipinski definition) is 2. The van der Waals surface area contributed by atoms with Crippen LogP contribution in [0.1, 0.15) is 56.1 Å². The second-order valence-electron chi connectivity index (χ2n) is 8.50. The van der Waals surface area contributed by atoms with Crippen LogP contribution < -0.4 is 10.2 Å². The first kappa shape index (κ1) is 24.8. The summed E-state index contributed by atoms with van der Waals surface area (Å²) in [5.74, 6) is -2.46. The molecule has 0 saturated carbocycles. The van der Waals surface area contributed by atoms with Gasteiger partial charge in [0.15, 0.2) is 0 Å². The first-order valence-corrected chi connectivity index (χ1v) is 10.9. The van der Waals surface area contributed by atoms with Gasteiger partial charge in [-0.3, -0.25) is 0 Å². The van der Waals surface area contributed by atoms with Crippen molar-refractivity contribution < 1.29 is 8.78 Å². The lowest BCUT2D eigenvalue weighted by Gasteiger charge is -2.38. The molecule has 31 heavy (non-hydrogen) atoms. The zero-order chi connectivity index (χ0) is 23.3. The molecule has 3 heterocycles. The topological polar surface area (TPSA) is 67.7 Å². The average Bonchev–Trinajstić information content (AvgIpc) is 3.00. The number of pyridine rings is 1. The van der Waals surface area contributed by atoms with E-state index in [2.05, 4.69) is 40.6 Å². The van der Waals surface area contributed by atoms with Gasteiger partial charge in [0.1, 0.15) is 17.3 Å². The molecule has 2 aromatic heterocycles. The summed E-state index contributed by atoms with van der Waals surface area (Å²) in [5, 5.41) is 12.7. The summed E-state index contributed by atoms with van der Waals surface area (Å²) < 4.78 is 28.5. The number of nitrogens with one attached hydrogen (secondary N) is 2. The number of aryl methyl sites for hydroxylation is 2. The third-order valence-corrected chi connectivity index (χ3v) is 6.02. The van der Waals surface area contributed by atoms with Gasteiger partial charge in [-0.15, -0.1) is 6.58 Å². The lowest BCUT2D eigenvalue weighted by Crippen LogP contribution is -2.39. The minimum Gasteiger partial charge on any atom is -0.368 e. The Morgan fingerprint density at radius 1 is 1.42 bits per heavy atom. The summed E-state index contributed by atoms with van der Waals surface area (Å²) in [7, 11) is 1.96. The van der Waals surface area contributed by atoms with E-state index in [9.17, 15) is 14.0 Å². The Morgan fingerprint density at radius 3 is 2.55 bits per heavy atom. The van der Waals surface area contributed by atoms with E-state index in [0.717, 1.165) is 31.1 Å². The number of hydrogen-bond acceptors (Lipinski definition) is 4. The molecule has 0 aliphatic carbocycles. The Balaban J connectivity index is 0.000000614. The van der Waals surface area contributed by atoms with Crippen molar-refractivity contribution in [2.45, 2.75) is 53.4 Å². The van der Waals surface area contributed by atoms with E-state index in [-0.39, 0.29) is 5.56 Å². The molecule has 1 saturated heterocycles. The molecule has 2 aromatic rings. The molecule has 0 bridgehead atoms. The van der Waals surface area contributed by atoms with Gasteiger partial charge in [0, 0.05) is 25.7 Å². The minimum absolute atomic E-state index is 0.0319. The molecule has 3 rings (SSSR count).